The van der Waals surface area contributed by atoms with Crippen LogP contribution in [0.25, 0.3) is 0 Å². The summed E-state index contributed by atoms with van der Waals surface area (Å²) in [6.07, 6.45) is 0. The Hall–Kier alpha value is -2.38. The van der Waals surface area contributed by atoms with Crippen LogP contribution in [0.15, 0.2) is 57.8 Å². The molecular weight excluding hydrogens is 340 g/mol. The smallest absolute Gasteiger partial charge is 0.326 e. The van der Waals surface area contributed by atoms with Crippen molar-refractivity contribution in [2.45, 2.75) is 4.90 Å². The molecule has 0 saturated heterocycles. The van der Waals surface area contributed by atoms with E-state index >= 15 is 0 Å². The highest BCUT2D eigenvalue weighted by molar-refractivity contribution is 7.90. The third kappa shape index (κ3) is 3.20. The molecule has 23 heavy (non-hydrogen) atoms. The number of nitrogens with one attached hydrogen (secondary N) is 1. The van der Waals surface area contributed by atoms with Crippen LogP contribution >= 0.6 is 11.6 Å². The number of nitrogens with zero attached hydrogens (tertiary/aromatic N) is 1. The molecular formula is C15H11ClN2O4S. The quantitative estimate of drug-likeness (QED) is 0.522. The molecule has 3 rings (SSSR count). The number of sulfonamides is 1. The fraction of sp³-hybridized carbons (Fsp3) is 0.0667. The molecule has 1 heterocycles. The van der Waals surface area contributed by atoms with Gasteiger partial charge in [0.1, 0.15) is 16.5 Å². The maximum Gasteiger partial charge on any atom is 0.326 e. The SMILES string of the molecule is O=C(CCl)Oc1ccc(NC2=NS(=O)(=O)c3ccccc32)cc1. The van der Waals surface area contributed by atoms with Crippen LogP contribution < -0.4 is 10.1 Å². The van der Waals surface area contributed by atoms with Gasteiger partial charge in [0.15, 0.2) is 5.84 Å². The molecule has 0 saturated carbocycles. The van der Waals surface area contributed by atoms with Gasteiger partial charge in [-0.3, -0.25) is 4.79 Å². The van der Waals surface area contributed by atoms with E-state index in [0.717, 1.165) is 0 Å². The van der Waals surface area contributed by atoms with E-state index in [1.54, 1.807) is 42.5 Å². The Bertz CT molecular complexity index is 892. The minimum Gasteiger partial charge on any atom is -0.426 e. The average Bonchev–Trinajstić information content (AvgIpc) is 2.80. The predicted octanol–water partition coefficient (Wildman–Crippen LogP) is 2.39. The molecule has 0 aromatic heterocycles. The summed E-state index contributed by atoms with van der Waals surface area (Å²) in [5, 5.41) is 2.95. The summed E-state index contributed by atoms with van der Waals surface area (Å²) in [5.74, 6) is -0.174. The molecule has 8 heteroatoms. The first-order valence-corrected chi connectivity index (χ1v) is 8.55. The van der Waals surface area contributed by atoms with Gasteiger partial charge in [-0.05, 0) is 36.4 Å². The Balaban J connectivity index is 1.82. The summed E-state index contributed by atoms with van der Waals surface area (Å²) >= 11 is 5.36. The van der Waals surface area contributed by atoms with Crippen LogP contribution in [0.4, 0.5) is 5.69 Å². The summed E-state index contributed by atoms with van der Waals surface area (Å²) in [4.78, 5) is 11.3. The van der Waals surface area contributed by atoms with Gasteiger partial charge in [-0.25, -0.2) is 0 Å². The van der Waals surface area contributed by atoms with Gasteiger partial charge < -0.3 is 10.1 Å². The molecule has 2 aromatic carbocycles. The number of hydrogen-bond donors (Lipinski definition) is 1. The Morgan fingerprint density at radius 1 is 1.13 bits per heavy atom. The summed E-state index contributed by atoms with van der Waals surface area (Å²) in [6.45, 7) is 0. The Morgan fingerprint density at radius 2 is 1.83 bits per heavy atom. The third-order valence-electron chi connectivity index (χ3n) is 3.09. The monoisotopic (exact) mass is 350 g/mol. The molecule has 0 unspecified atom stereocenters. The van der Waals surface area contributed by atoms with Crippen molar-refractivity contribution < 1.29 is 17.9 Å². The molecule has 1 aliphatic rings. The van der Waals surface area contributed by atoms with Crippen LogP contribution in [-0.2, 0) is 14.8 Å². The number of fused-ring (bicyclic) bond motifs is 1. The molecule has 0 spiro atoms. The van der Waals surface area contributed by atoms with Crippen molar-refractivity contribution in [3.05, 3.63) is 54.1 Å². The number of benzene rings is 2. The average molecular weight is 351 g/mol. The van der Waals surface area contributed by atoms with E-state index in [0.29, 0.717) is 17.0 Å². The van der Waals surface area contributed by atoms with Gasteiger partial charge in [-0.2, -0.15) is 8.42 Å². The number of alkyl halides is 1. The lowest BCUT2D eigenvalue weighted by molar-refractivity contribution is -0.131. The number of esters is 1. The Labute approximate surface area is 137 Å². The van der Waals surface area contributed by atoms with Gasteiger partial charge in [0, 0.05) is 11.3 Å². The number of carbonyl (C=O) groups is 1. The highest BCUT2D eigenvalue weighted by Crippen LogP contribution is 2.27. The number of carbonyl (C=O) groups excluding carboxylic acids is 1. The van der Waals surface area contributed by atoms with Gasteiger partial charge in [0.2, 0.25) is 0 Å². The molecule has 6 nitrogen and oxygen atoms in total. The number of hydrogen-bond acceptors (Lipinski definition) is 5. The number of rotatable bonds is 3. The van der Waals surface area contributed by atoms with E-state index in [4.69, 9.17) is 16.3 Å². The fourth-order valence-electron chi connectivity index (χ4n) is 2.10. The summed E-state index contributed by atoms with van der Waals surface area (Å²) in [5.41, 5.74) is 1.13. The van der Waals surface area contributed by atoms with E-state index in [1.807, 2.05) is 0 Å². The van der Waals surface area contributed by atoms with Crippen molar-refractivity contribution in [3.63, 3.8) is 0 Å². The minimum atomic E-state index is -3.66. The molecule has 1 N–H and O–H groups in total. The van der Waals surface area contributed by atoms with E-state index in [9.17, 15) is 13.2 Å². The zero-order valence-electron chi connectivity index (χ0n) is 11.7. The predicted molar refractivity (Wildman–Crippen MR) is 86.6 cm³/mol. The summed E-state index contributed by atoms with van der Waals surface area (Å²) < 4.78 is 32.6. The number of ether oxygens (including phenoxy) is 1. The first-order chi connectivity index (χ1) is 11.0. The molecule has 0 atom stereocenters. The van der Waals surface area contributed by atoms with E-state index in [1.165, 1.54) is 6.07 Å². The Morgan fingerprint density at radius 3 is 2.52 bits per heavy atom. The third-order valence-corrected chi connectivity index (χ3v) is 4.64. The van der Waals surface area contributed by atoms with Crippen molar-refractivity contribution in [2.24, 2.45) is 4.40 Å². The molecule has 0 radical (unpaired) electrons. The molecule has 1 aliphatic heterocycles. The van der Waals surface area contributed by atoms with Crippen LogP contribution in [0.5, 0.6) is 5.75 Å². The highest BCUT2D eigenvalue weighted by atomic mass is 35.5. The van der Waals surface area contributed by atoms with Crippen molar-refractivity contribution in [1.29, 1.82) is 0 Å². The van der Waals surface area contributed by atoms with Crippen LogP contribution in [0.1, 0.15) is 5.56 Å². The zero-order chi connectivity index (χ0) is 16.4. The second-order valence-electron chi connectivity index (χ2n) is 4.67. The molecule has 0 aliphatic carbocycles. The molecule has 118 valence electrons. The van der Waals surface area contributed by atoms with Crippen LogP contribution in [-0.4, -0.2) is 26.1 Å². The first kappa shape index (κ1) is 15.5. The highest BCUT2D eigenvalue weighted by Gasteiger charge is 2.28. The summed E-state index contributed by atoms with van der Waals surface area (Å²) in [6, 6.07) is 13.0. The molecule has 2 aromatic rings. The van der Waals surface area contributed by atoms with Crippen molar-refractivity contribution >= 4 is 39.1 Å². The van der Waals surface area contributed by atoms with Gasteiger partial charge in [-0.1, -0.05) is 12.1 Å². The zero-order valence-corrected chi connectivity index (χ0v) is 13.3. The topological polar surface area (TPSA) is 84.8 Å². The number of anilines is 1. The normalized spacial score (nSPS) is 14.7. The van der Waals surface area contributed by atoms with E-state index in [2.05, 4.69) is 9.71 Å². The van der Waals surface area contributed by atoms with Crippen LogP contribution in [0.3, 0.4) is 0 Å². The lowest BCUT2D eigenvalue weighted by Gasteiger charge is -2.07. The van der Waals surface area contributed by atoms with Gasteiger partial charge in [0.05, 0.1) is 0 Å². The molecule has 0 amide bonds. The number of amidine groups is 1. The summed E-state index contributed by atoms with van der Waals surface area (Å²) in [7, 11) is -3.66. The van der Waals surface area contributed by atoms with Gasteiger partial charge >= 0.3 is 5.97 Å². The van der Waals surface area contributed by atoms with E-state index in [-0.39, 0.29) is 16.6 Å². The van der Waals surface area contributed by atoms with Crippen LogP contribution in [0.2, 0.25) is 0 Å². The van der Waals surface area contributed by atoms with Crippen molar-refractivity contribution in [3.8, 4) is 5.75 Å². The lowest BCUT2D eigenvalue weighted by atomic mass is 10.2. The maximum atomic E-state index is 12.0. The molecule has 0 bridgehead atoms. The van der Waals surface area contributed by atoms with Gasteiger partial charge in [0.25, 0.3) is 10.0 Å². The maximum absolute atomic E-state index is 12.0. The Kier molecular flexibility index (Phi) is 4.06. The van der Waals surface area contributed by atoms with Gasteiger partial charge in [-0.15, -0.1) is 16.0 Å². The van der Waals surface area contributed by atoms with Crippen molar-refractivity contribution in [2.75, 3.05) is 11.2 Å². The second kappa shape index (κ2) is 6.02. The first-order valence-electron chi connectivity index (χ1n) is 6.58. The molecule has 0 fully saturated rings. The van der Waals surface area contributed by atoms with E-state index < -0.39 is 16.0 Å². The van der Waals surface area contributed by atoms with Crippen molar-refractivity contribution in [1.82, 2.24) is 0 Å². The largest absolute Gasteiger partial charge is 0.426 e. The fourth-order valence-corrected chi connectivity index (χ4v) is 3.33. The minimum absolute atomic E-state index is 0.176. The lowest BCUT2D eigenvalue weighted by Crippen LogP contribution is -2.11. The standard InChI is InChI=1S/C15H11ClN2O4S/c16-9-14(19)22-11-7-5-10(6-8-11)17-15-12-3-1-2-4-13(12)23(20,21)18-15/h1-8H,9H2,(H,17,18). The van der Waals surface area contributed by atoms with Crippen LogP contribution in [0, 0.1) is 0 Å². The number of halogens is 1. The second-order valence-corrected chi connectivity index (χ2v) is 6.51.